The number of carbonyl (C=O) groups excluding carboxylic acids is 3. The van der Waals surface area contributed by atoms with E-state index in [2.05, 4.69) is 121 Å². The summed E-state index contributed by atoms with van der Waals surface area (Å²) in [5.41, 5.74) is 8.24. The van der Waals surface area contributed by atoms with Gasteiger partial charge in [0.05, 0.1) is 21.8 Å². The van der Waals surface area contributed by atoms with Gasteiger partial charge in [0.1, 0.15) is 5.60 Å². The predicted octanol–water partition coefficient (Wildman–Crippen LogP) is 15.1. The van der Waals surface area contributed by atoms with Crippen molar-refractivity contribution >= 4 is 52.4 Å². The van der Waals surface area contributed by atoms with Crippen molar-refractivity contribution in [3.8, 4) is 10.4 Å². The van der Waals surface area contributed by atoms with Gasteiger partial charge in [-0.3, -0.25) is 14.9 Å². The average molecular weight is 891 g/mol. The molecular weight excluding hydrogens is 813 g/mol. The number of hydrogen-bond acceptors (Lipinski definition) is 6. The Kier molecular flexibility index (Phi) is 19.3. The summed E-state index contributed by atoms with van der Waals surface area (Å²) in [5.74, 6) is 0.585. The van der Waals surface area contributed by atoms with Crippen LogP contribution in [0.15, 0.2) is 95.2 Å². The lowest BCUT2D eigenvalue weighted by Crippen LogP contribution is -2.34. The number of ether oxygens (including phenoxy) is 1. The topological polar surface area (TPSA) is 91.0 Å². The van der Waals surface area contributed by atoms with Gasteiger partial charge < -0.3 is 19.9 Å². The number of amides is 3. The average Bonchev–Trinajstić information content (AvgIpc) is 3.81. The first-order chi connectivity index (χ1) is 30.3. The minimum absolute atomic E-state index is 0.0399. The predicted molar refractivity (Wildman–Crippen MR) is 272 cm³/mol. The van der Waals surface area contributed by atoms with Gasteiger partial charge in [-0.25, -0.2) is 4.79 Å². The van der Waals surface area contributed by atoms with Crippen molar-refractivity contribution in [2.75, 3.05) is 23.7 Å². The Morgan fingerprint density at radius 1 is 0.797 bits per heavy atom. The molecule has 2 N–H and O–H groups in total. The van der Waals surface area contributed by atoms with Crippen LogP contribution >= 0.6 is 11.3 Å². The van der Waals surface area contributed by atoms with E-state index in [-0.39, 0.29) is 11.4 Å². The van der Waals surface area contributed by atoms with E-state index >= 15 is 4.79 Å². The summed E-state index contributed by atoms with van der Waals surface area (Å²) in [5, 5.41) is 6.37. The number of rotatable bonds is 22. The van der Waals surface area contributed by atoms with Gasteiger partial charge in [-0.15, -0.1) is 11.3 Å². The molecule has 3 amide bonds. The van der Waals surface area contributed by atoms with Gasteiger partial charge in [-0.05, 0) is 151 Å². The monoisotopic (exact) mass is 891 g/mol. The molecule has 348 valence electrons. The molecule has 0 bridgehead atoms. The maximum atomic E-state index is 15.3. The van der Waals surface area contributed by atoms with Crippen molar-refractivity contribution in [3.05, 3.63) is 106 Å². The summed E-state index contributed by atoms with van der Waals surface area (Å²) in [4.78, 5) is 47.1. The lowest BCUT2D eigenvalue weighted by atomic mass is 9.95. The number of anilines is 2. The molecule has 2 heterocycles. The summed E-state index contributed by atoms with van der Waals surface area (Å²) in [6.45, 7) is 28.2. The van der Waals surface area contributed by atoms with Gasteiger partial charge in [0.25, 0.3) is 5.91 Å². The van der Waals surface area contributed by atoms with Crippen molar-refractivity contribution in [1.29, 1.82) is 0 Å². The molecule has 0 saturated carbocycles. The Balaban J connectivity index is 1.87. The Bertz CT molecular complexity index is 2140. The fraction of sp³-hybridized carbons (Fsp3) is 0.509. The minimum Gasteiger partial charge on any atom is -0.444 e. The van der Waals surface area contributed by atoms with Gasteiger partial charge in [0.15, 0.2) is 0 Å². The quantitative estimate of drug-likeness (QED) is 0.0454. The Hall–Kier alpha value is -4.89. The van der Waals surface area contributed by atoms with Crippen LogP contribution < -0.4 is 10.6 Å². The van der Waals surface area contributed by atoms with Gasteiger partial charge >= 0.3 is 6.09 Å². The zero-order valence-corrected chi connectivity index (χ0v) is 42.2. The highest BCUT2D eigenvalue weighted by Crippen LogP contribution is 2.44. The van der Waals surface area contributed by atoms with E-state index in [4.69, 9.17) is 4.74 Å². The van der Waals surface area contributed by atoms with Crippen LogP contribution in [0, 0.1) is 11.8 Å². The normalized spacial score (nSPS) is 15.6. The fourth-order valence-electron chi connectivity index (χ4n) is 8.24. The fourth-order valence-corrected chi connectivity index (χ4v) is 9.36. The zero-order valence-electron chi connectivity index (χ0n) is 41.4. The number of unbranched alkanes of at least 4 members (excludes halogenated alkanes) is 3. The third-order valence-corrected chi connectivity index (χ3v) is 13.0. The standard InChI is InChI=1S/C55H78N4O4S/c1-14-18-20-22-42(17-4)36-59-51(48-34-33-47(64-48)44-27-29-45(30-28-44)56-53(62)63-55(11,12)13)40(7)49(52(59)61)50(58(37-60)35-41(16-3)21-19-15-2)39(6)24-23-38(5)43-25-31-46(32-26-43)57-54(8,9)10/h23-34,37,41-42,57H,14-22,35-36H2,1-13H3,(H,56,62)/b38-23+,39-24+,50-49+. The molecule has 8 nitrogen and oxygen atoms in total. The number of thiophene rings is 1. The molecule has 0 fully saturated rings. The molecule has 2 aromatic carbocycles. The first kappa shape index (κ1) is 51.7. The number of carbonyl (C=O) groups is 3. The van der Waals surface area contributed by atoms with Gasteiger partial charge in [0.2, 0.25) is 6.41 Å². The minimum atomic E-state index is -0.594. The third kappa shape index (κ3) is 14.8. The molecule has 1 aromatic heterocycles. The molecule has 0 radical (unpaired) electrons. The number of allylic oxidation sites excluding steroid dienone is 4. The number of benzene rings is 2. The third-order valence-electron chi connectivity index (χ3n) is 11.8. The Labute approximate surface area is 390 Å². The number of hydrogen-bond donors (Lipinski definition) is 2. The molecule has 9 heteroatoms. The van der Waals surface area contributed by atoms with Crippen LogP contribution in [0.4, 0.5) is 16.2 Å². The number of nitrogens with zero attached hydrogens (tertiary/aromatic N) is 2. The van der Waals surface area contributed by atoms with Crippen molar-refractivity contribution < 1.29 is 19.1 Å². The second-order valence-electron chi connectivity index (χ2n) is 19.6. The van der Waals surface area contributed by atoms with E-state index in [0.29, 0.717) is 41.9 Å². The molecule has 1 aliphatic heterocycles. The van der Waals surface area contributed by atoms with Crippen LogP contribution in [-0.2, 0) is 14.3 Å². The van der Waals surface area contributed by atoms with Crippen LogP contribution in [0.25, 0.3) is 21.7 Å². The van der Waals surface area contributed by atoms with Gasteiger partial charge in [0, 0.05) is 34.9 Å². The molecule has 3 aromatic rings. The molecular formula is C55H78N4O4S. The van der Waals surface area contributed by atoms with Crippen LogP contribution in [0.1, 0.15) is 158 Å². The molecule has 2 atom stereocenters. The van der Waals surface area contributed by atoms with Crippen LogP contribution in [0.3, 0.4) is 0 Å². The highest BCUT2D eigenvalue weighted by Gasteiger charge is 2.39. The summed E-state index contributed by atoms with van der Waals surface area (Å²) in [6.07, 6.45) is 14.3. The smallest absolute Gasteiger partial charge is 0.412 e. The van der Waals surface area contributed by atoms with Crippen molar-refractivity contribution in [2.24, 2.45) is 11.8 Å². The maximum Gasteiger partial charge on any atom is 0.412 e. The molecule has 64 heavy (non-hydrogen) atoms. The van der Waals surface area contributed by atoms with Crippen molar-refractivity contribution in [1.82, 2.24) is 9.80 Å². The molecule has 0 aliphatic carbocycles. The second kappa shape index (κ2) is 23.9. The van der Waals surface area contributed by atoms with E-state index in [0.717, 1.165) is 107 Å². The highest BCUT2D eigenvalue weighted by atomic mass is 32.1. The molecule has 2 unspecified atom stereocenters. The first-order valence-corrected chi connectivity index (χ1v) is 24.6. The lowest BCUT2D eigenvalue weighted by Gasteiger charge is -2.29. The second-order valence-corrected chi connectivity index (χ2v) is 20.7. The first-order valence-electron chi connectivity index (χ1n) is 23.8. The van der Waals surface area contributed by atoms with E-state index in [1.165, 1.54) is 6.42 Å². The van der Waals surface area contributed by atoms with E-state index in [9.17, 15) is 9.59 Å². The molecule has 0 saturated heterocycles. The van der Waals surface area contributed by atoms with E-state index in [1.807, 2.05) is 61.8 Å². The van der Waals surface area contributed by atoms with Gasteiger partial charge in [-0.2, -0.15) is 0 Å². The lowest BCUT2D eigenvalue weighted by molar-refractivity contribution is -0.123. The summed E-state index contributed by atoms with van der Waals surface area (Å²) < 4.78 is 5.45. The highest BCUT2D eigenvalue weighted by molar-refractivity contribution is 7.16. The Morgan fingerprint density at radius 3 is 1.98 bits per heavy atom. The van der Waals surface area contributed by atoms with Crippen LogP contribution in [-0.4, -0.2) is 52.4 Å². The van der Waals surface area contributed by atoms with Crippen molar-refractivity contribution in [2.45, 2.75) is 159 Å². The maximum absolute atomic E-state index is 15.3. The summed E-state index contributed by atoms with van der Waals surface area (Å²) >= 11 is 1.65. The van der Waals surface area contributed by atoms with Crippen LogP contribution in [0.2, 0.25) is 0 Å². The molecule has 4 rings (SSSR count). The zero-order chi connectivity index (χ0) is 47.2. The van der Waals surface area contributed by atoms with Crippen molar-refractivity contribution in [3.63, 3.8) is 0 Å². The van der Waals surface area contributed by atoms with Gasteiger partial charge in [-0.1, -0.05) is 109 Å². The SMILES string of the molecule is CCCCCC(CC)CN1C(=O)\C(=C(/C(C)=C/C=C(\C)c2ccc(NC(C)(C)C)cc2)N(C=O)CC(CC)CCCC)C(C)=C1c1ccc(-c2ccc(NC(=O)OC(C)(C)C)cc2)s1. The summed E-state index contributed by atoms with van der Waals surface area (Å²) in [6, 6.07) is 20.5. The van der Waals surface area contributed by atoms with E-state index in [1.54, 1.807) is 11.3 Å². The summed E-state index contributed by atoms with van der Waals surface area (Å²) in [7, 11) is 0. The Morgan fingerprint density at radius 2 is 1.41 bits per heavy atom. The largest absolute Gasteiger partial charge is 0.444 e. The van der Waals surface area contributed by atoms with Crippen LogP contribution in [0.5, 0.6) is 0 Å². The number of nitrogens with one attached hydrogen (secondary N) is 2. The molecule has 1 aliphatic rings. The van der Waals surface area contributed by atoms with E-state index < -0.39 is 11.7 Å². The molecule has 0 spiro atoms.